The zero-order valence-electron chi connectivity index (χ0n) is 16.7. The molecule has 0 atom stereocenters. The molecule has 0 bridgehead atoms. The van der Waals surface area contributed by atoms with Crippen molar-refractivity contribution in [2.75, 3.05) is 38.2 Å². The van der Waals surface area contributed by atoms with Gasteiger partial charge in [-0.25, -0.2) is 8.42 Å². The Morgan fingerprint density at radius 1 is 1.28 bits per heavy atom. The van der Waals surface area contributed by atoms with Crippen molar-refractivity contribution >= 4 is 21.6 Å². The molecule has 1 aromatic heterocycles. The highest BCUT2D eigenvalue weighted by molar-refractivity contribution is 7.89. The van der Waals surface area contributed by atoms with Gasteiger partial charge in [0.25, 0.3) is 5.91 Å². The highest BCUT2D eigenvalue weighted by atomic mass is 32.2. The van der Waals surface area contributed by atoms with Gasteiger partial charge in [-0.15, -0.1) is 0 Å². The third-order valence-electron chi connectivity index (χ3n) is 4.60. The Morgan fingerprint density at radius 3 is 2.66 bits per heavy atom. The van der Waals surface area contributed by atoms with Gasteiger partial charge in [-0.2, -0.15) is 4.31 Å². The molecule has 1 amide bonds. The average molecular weight is 423 g/mol. The smallest absolute Gasteiger partial charge is 0.261 e. The molecule has 3 rings (SSSR count). The number of carbonyl (C=O) groups excluding carboxylic acids is 1. The monoisotopic (exact) mass is 423 g/mol. The molecule has 9 nitrogen and oxygen atoms in total. The van der Waals surface area contributed by atoms with Gasteiger partial charge in [0.05, 0.1) is 36.1 Å². The van der Waals surface area contributed by atoms with E-state index in [9.17, 15) is 13.2 Å². The van der Waals surface area contributed by atoms with Crippen molar-refractivity contribution < 1.29 is 27.2 Å². The number of hydrogen-bond donors (Lipinski definition) is 1. The predicted molar refractivity (Wildman–Crippen MR) is 106 cm³/mol. The number of anilines is 1. The maximum atomic E-state index is 13.0. The van der Waals surface area contributed by atoms with E-state index >= 15 is 0 Å². The molecule has 1 saturated heterocycles. The predicted octanol–water partition coefficient (Wildman–Crippen LogP) is 2.22. The summed E-state index contributed by atoms with van der Waals surface area (Å²) in [5, 5.41) is 6.65. The van der Waals surface area contributed by atoms with Gasteiger partial charge in [-0.1, -0.05) is 12.1 Å². The number of rotatable bonds is 7. The molecule has 0 radical (unpaired) electrons. The minimum Gasteiger partial charge on any atom is -0.492 e. The first-order valence-corrected chi connectivity index (χ1v) is 10.9. The van der Waals surface area contributed by atoms with Crippen LogP contribution in [0.4, 0.5) is 5.69 Å². The fourth-order valence-corrected chi connectivity index (χ4v) is 4.55. The van der Waals surface area contributed by atoms with Crippen LogP contribution in [-0.2, 0) is 21.2 Å². The van der Waals surface area contributed by atoms with Crippen LogP contribution in [0.2, 0.25) is 0 Å². The summed E-state index contributed by atoms with van der Waals surface area (Å²) in [6, 6.07) is 4.45. The molecule has 2 heterocycles. The largest absolute Gasteiger partial charge is 0.492 e. The minimum absolute atomic E-state index is 0.0795. The van der Waals surface area contributed by atoms with Crippen LogP contribution in [0, 0.1) is 6.92 Å². The average Bonchev–Trinajstić information content (AvgIpc) is 3.10. The Hall–Kier alpha value is -2.43. The summed E-state index contributed by atoms with van der Waals surface area (Å²) in [6.07, 6.45) is 0.532. The molecule has 1 aliphatic heterocycles. The Kier molecular flexibility index (Phi) is 6.56. The maximum Gasteiger partial charge on any atom is 0.261 e. The molecule has 0 aliphatic carbocycles. The Labute approximate surface area is 170 Å². The molecule has 1 fully saturated rings. The van der Waals surface area contributed by atoms with Crippen LogP contribution in [0.5, 0.6) is 5.75 Å². The Morgan fingerprint density at radius 2 is 2.00 bits per heavy atom. The summed E-state index contributed by atoms with van der Waals surface area (Å²) < 4.78 is 43.2. The lowest BCUT2D eigenvalue weighted by Crippen LogP contribution is -2.40. The van der Waals surface area contributed by atoms with E-state index in [1.807, 2.05) is 13.8 Å². The van der Waals surface area contributed by atoms with Crippen LogP contribution in [0.3, 0.4) is 0 Å². The summed E-state index contributed by atoms with van der Waals surface area (Å²) in [6.45, 7) is 6.99. The number of benzene rings is 1. The number of ether oxygens (including phenoxy) is 2. The molecule has 1 N–H and O–H groups in total. The SMILES string of the molecule is CCOc1ccc(S(=O)(=O)N2CCOCC2)cc1NC(=O)c1c(CC)noc1C. The van der Waals surface area contributed by atoms with E-state index in [0.717, 1.165) is 0 Å². The second-order valence-electron chi connectivity index (χ2n) is 6.48. The normalized spacial score (nSPS) is 15.3. The van der Waals surface area contributed by atoms with Gasteiger partial charge in [-0.05, 0) is 38.5 Å². The summed E-state index contributed by atoms with van der Waals surface area (Å²) in [5.74, 6) is 0.353. The van der Waals surface area contributed by atoms with Gasteiger partial charge in [0.2, 0.25) is 10.0 Å². The maximum absolute atomic E-state index is 13.0. The van der Waals surface area contributed by atoms with Gasteiger partial charge in [0.15, 0.2) is 0 Å². The molecule has 1 aliphatic rings. The van der Waals surface area contributed by atoms with Gasteiger partial charge in [0.1, 0.15) is 17.1 Å². The third kappa shape index (κ3) is 4.44. The summed E-state index contributed by atoms with van der Waals surface area (Å²) in [4.78, 5) is 12.9. The van der Waals surface area contributed by atoms with Gasteiger partial charge in [0, 0.05) is 13.1 Å². The van der Waals surface area contributed by atoms with E-state index in [4.69, 9.17) is 14.0 Å². The highest BCUT2D eigenvalue weighted by Gasteiger charge is 2.28. The molecule has 2 aromatic rings. The summed E-state index contributed by atoms with van der Waals surface area (Å²) in [7, 11) is -3.71. The standard InChI is InChI=1S/C19H25N3O6S/c1-4-15-18(13(3)28-21-15)19(23)20-16-12-14(6-7-17(16)27-5-2)29(24,25)22-8-10-26-11-9-22/h6-7,12H,4-5,8-11H2,1-3H3,(H,20,23). The van der Waals surface area contributed by atoms with Gasteiger partial charge < -0.3 is 19.3 Å². The van der Waals surface area contributed by atoms with Gasteiger partial charge >= 0.3 is 0 Å². The van der Waals surface area contributed by atoms with Crippen LogP contribution < -0.4 is 10.1 Å². The molecule has 0 saturated carbocycles. The van der Waals surface area contributed by atoms with Crippen molar-refractivity contribution in [3.8, 4) is 5.75 Å². The van der Waals surface area contributed by atoms with E-state index in [2.05, 4.69) is 10.5 Å². The topological polar surface area (TPSA) is 111 Å². The number of nitrogens with zero attached hydrogens (tertiary/aromatic N) is 2. The zero-order chi connectivity index (χ0) is 21.0. The van der Waals surface area contributed by atoms with E-state index in [-0.39, 0.29) is 23.7 Å². The van der Waals surface area contributed by atoms with Crippen molar-refractivity contribution in [2.24, 2.45) is 0 Å². The van der Waals surface area contributed by atoms with Crippen molar-refractivity contribution in [1.29, 1.82) is 0 Å². The van der Waals surface area contributed by atoms with Crippen molar-refractivity contribution in [2.45, 2.75) is 32.1 Å². The lowest BCUT2D eigenvalue weighted by atomic mass is 10.1. The van der Waals surface area contributed by atoms with Crippen LogP contribution in [0.1, 0.15) is 35.7 Å². The first-order valence-electron chi connectivity index (χ1n) is 9.49. The lowest BCUT2D eigenvalue weighted by Gasteiger charge is -2.26. The van der Waals surface area contributed by atoms with Crippen LogP contribution >= 0.6 is 0 Å². The van der Waals surface area contributed by atoms with Crippen molar-refractivity contribution in [1.82, 2.24) is 9.46 Å². The van der Waals surface area contributed by atoms with E-state index in [1.54, 1.807) is 13.0 Å². The number of nitrogens with one attached hydrogen (secondary N) is 1. The highest BCUT2D eigenvalue weighted by Crippen LogP contribution is 2.30. The molecule has 0 unspecified atom stereocenters. The number of morpholine rings is 1. The quantitative estimate of drug-likeness (QED) is 0.727. The number of amides is 1. The first-order chi connectivity index (χ1) is 13.9. The Bertz CT molecular complexity index is 980. The van der Waals surface area contributed by atoms with Crippen molar-refractivity contribution in [3.63, 3.8) is 0 Å². The van der Waals surface area contributed by atoms with Crippen LogP contribution in [0.25, 0.3) is 0 Å². The molecule has 1 aromatic carbocycles. The first kappa shape index (κ1) is 21.3. The minimum atomic E-state index is -3.71. The molecular weight excluding hydrogens is 398 g/mol. The fraction of sp³-hybridized carbons (Fsp3) is 0.474. The lowest BCUT2D eigenvalue weighted by molar-refractivity contribution is 0.0730. The molecule has 10 heteroatoms. The molecule has 29 heavy (non-hydrogen) atoms. The number of aryl methyl sites for hydroxylation is 2. The van der Waals surface area contributed by atoms with E-state index in [1.165, 1.54) is 16.4 Å². The van der Waals surface area contributed by atoms with E-state index in [0.29, 0.717) is 49.0 Å². The zero-order valence-corrected chi connectivity index (χ0v) is 17.5. The number of hydrogen-bond acceptors (Lipinski definition) is 7. The summed E-state index contributed by atoms with van der Waals surface area (Å²) >= 11 is 0. The Balaban J connectivity index is 1.95. The van der Waals surface area contributed by atoms with Crippen molar-refractivity contribution in [3.05, 3.63) is 35.2 Å². The molecule has 0 spiro atoms. The van der Waals surface area contributed by atoms with Crippen LogP contribution in [0.15, 0.2) is 27.6 Å². The number of sulfonamides is 1. The molecular formula is C19H25N3O6S. The van der Waals surface area contributed by atoms with Gasteiger partial charge in [-0.3, -0.25) is 4.79 Å². The summed E-state index contributed by atoms with van der Waals surface area (Å²) in [5.41, 5.74) is 1.15. The second kappa shape index (κ2) is 8.93. The van der Waals surface area contributed by atoms with Crippen LogP contribution in [-0.4, -0.2) is 56.7 Å². The fourth-order valence-electron chi connectivity index (χ4n) is 3.12. The third-order valence-corrected chi connectivity index (χ3v) is 6.50. The second-order valence-corrected chi connectivity index (χ2v) is 8.41. The molecule has 158 valence electrons. The number of carbonyl (C=O) groups is 1. The number of aromatic nitrogens is 1. The van der Waals surface area contributed by atoms with E-state index < -0.39 is 15.9 Å².